The number of urea groups is 1. The van der Waals surface area contributed by atoms with Gasteiger partial charge in [0.2, 0.25) is 0 Å². The number of para-hydroxylation sites is 1. The topological polar surface area (TPSA) is 84.9 Å². The van der Waals surface area contributed by atoms with Crippen molar-refractivity contribution < 1.29 is 23.9 Å². The minimum Gasteiger partial charge on any atom is -0.497 e. The van der Waals surface area contributed by atoms with Crippen molar-refractivity contribution in [3.05, 3.63) is 95.1 Å². The monoisotopic (exact) mass is 456 g/mol. The second kappa shape index (κ2) is 10.0. The number of ether oxygens (including phenoxy) is 2. The zero-order valence-electron chi connectivity index (χ0n) is 18.9. The molecule has 0 aliphatic carbocycles. The molecule has 4 rings (SSSR count). The summed E-state index contributed by atoms with van der Waals surface area (Å²) >= 11 is 0. The fourth-order valence-corrected chi connectivity index (χ4v) is 3.68. The predicted molar refractivity (Wildman–Crippen MR) is 129 cm³/mol. The van der Waals surface area contributed by atoms with Gasteiger partial charge in [-0.25, -0.2) is 9.69 Å². The van der Waals surface area contributed by atoms with Gasteiger partial charge in [-0.1, -0.05) is 55.5 Å². The summed E-state index contributed by atoms with van der Waals surface area (Å²) < 4.78 is 11.3. The standard InChI is InChI=1S/C27H24N2O5/c1-3-19-11-7-8-12-23(19)29-26(31)22(25(30)28-27(29)32)15-20-13-14-21(33-2)16-24(20)34-17-18-9-5-4-6-10-18/h4-16H,3,17H2,1-2H3,(H,28,30,32)/b22-15-. The molecular weight excluding hydrogens is 432 g/mol. The van der Waals surface area contributed by atoms with E-state index in [0.717, 1.165) is 16.0 Å². The van der Waals surface area contributed by atoms with Gasteiger partial charge in [-0.05, 0) is 41.8 Å². The summed E-state index contributed by atoms with van der Waals surface area (Å²) in [6.45, 7) is 2.22. The lowest BCUT2D eigenvalue weighted by Gasteiger charge is -2.28. The number of barbiturate groups is 1. The van der Waals surface area contributed by atoms with Gasteiger partial charge in [-0.3, -0.25) is 14.9 Å². The van der Waals surface area contributed by atoms with E-state index in [1.807, 2.05) is 49.4 Å². The quantitative estimate of drug-likeness (QED) is 0.418. The van der Waals surface area contributed by atoms with Gasteiger partial charge in [0.05, 0.1) is 12.8 Å². The van der Waals surface area contributed by atoms with Gasteiger partial charge < -0.3 is 9.47 Å². The first-order chi connectivity index (χ1) is 16.5. The van der Waals surface area contributed by atoms with Crippen molar-refractivity contribution >= 4 is 29.6 Å². The van der Waals surface area contributed by atoms with E-state index in [4.69, 9.17) is 9.47 Å². The molecule has 172 valence electrons. The number of methoxy groups -OCH3 is 1. The van der Waals surface area contributed by atoms with Crippen molar-refractivity contribution in [1.29, 1.82) is 0 Å². The van der Waals surface area contributed by atoms with Crippen LogP contribution in [0.3, 0.4) is 0 Å². The minimum absolute atomic E-state index is 0.166. The summed E-state index contributed by atoms with van der Waals surface area (Å²) in [6, 6.07) is 21.1. The molecule has 0 unspecified atom stereocenters. The highest BCUT2D eigenvalue weighted by Crippen LogP contribution is 2.30. The molecule has 3 aromatic carbocycles. The molecule has 1 aliphatic rings. The third kappa shape index (κ3) is 4.68. The van der Waals surface area contributed by atoms with Crippen LogP contribution >= 0.6 is 0 Å². The Labute approximate surface area is 197 Å². The molecule has 7 nitrogen and oxygen atoms in total. The van der Waals surface area contributed by atoms with Crippen molar-refractivity contribution in [1.82, 2.24) is 5.32 Å². The number of hydrogen-bond donors (Lipinski definition) is 1. The summed E-state index contributed by atoms with van der Waals surface area (Å²) in [5, 5.41) is 2.27. The highest BCUT2D eigenvalue weighted by Gasteiger charge is 2.37. The Bertz CT molecular complexity index is 1270. The summed E-state index contributed by atoms with van der Waals surface area (Å²) in [5.41, 5.74) is 2.56. The summed E-state index contributed by atoms with van der Waals surface area (Å²) in [7, 11) is 1.54. The summed E-state index contributed by atoms with van der Waals surface area (Å²) in [4.78, 5) is 39.6. The molecule has 4 amide bonds. The van der Waals surface area contributed by atoms with E-state index in [0.29, 0.717) is 35.8 Å². The third-order valence-electron chi connectivity index (χ3n) is 5.47. The van der Waals surface area contributed by atoms with Crippen LogP contribution in [0.2, 0.25) is 0 Å². The normalized spacial score (nSPS) is 14.8. The number of nitrogens with zero attached hydrogens (tertiary/aromatic N) is 1. The summed E-state index contributed by atoms with van der Waals surface area (Å²) in [5.74, 6) is -0.448. The van der Waals surface area contributed by atoms with E-state index < -0.39 is 17.8 Å². The molecule has 0 saturated carbocycles. The lowest BCUT2D eigenvalue weighted by molar-refractivity contribution is -0.122. The smallest absolute Gasteiger partial charge is 0.335 e. The third-order valence-corrected chi connectivity index (χ3v) is 5.47. The van der Waals surface area contributed by atoms with Crippen molar-refractivity contribution in [2.24, 2.45) is 0 Å². The van der Waals surface area contributed by atoms with Crippen molar-refractivity contribution in [2.45, 2.75) is 20.0 Å². The molecule has 1 N–H and O–H groups in total. The highest BCUT2D eigenvalue weighted by atomic mass is 16.5. The Kier molecular flexibility index (Phi) is 6.73. The molecule has 0 atom stereocenters. The number of nitrogens with one attached hydrogen (secondary N) is 1. The molecule has 1 heterocycles. The zero-order valence-corrected chi connectivity index (χ0v) is 18.9. The van der Waals surface area contributed by atoms with Crippen LogP contribution in [0, 0.1) is 0 Å². The highest BCUT2D eigenvalue weighted by molar-refractivity contribution is 6.39. The van der Waals surface area contributed by atoms with Crippen LogP contribution in [0.4, 0.5) is 10.5 Å². The van der Waals surface area contributed by atoms with Gasteiger partial charge in [-0.2, -0.15) is 0 Å². The number of anilines is 1. The van der Waals surface area contributed by atoms with Gasteiger partial charge in [0.1, 0.15) is 23.7 Å². The SMILES string of the molecule is CCc1ccccc1N1C(=O)NC(=O)/C(=C/c2ccc(OC)cc2OCc2ccccc2)C1=O. The van der Waals surface area contributed by atoms with Gasteiger partial charge in [0.25, 0.3) is 11.8 Å². The Balaban J connectivity index is 1.71. The van der Waals surface area contributed by atoms with Crippen LogP contribution in [0.25, 0.3) is 6.08 Å². The molecule has 1 fully saturated rings. The second-order valence-electron chi connectivity index (χ2n) is 7.62. The van der Waals surface area contributed by atoms with Crippen molar-refractivity contribution in [3.63, 3.8) is 0 Å². The van der Waals surface area contributed by atoms with E-state index in [1.54, 1.807) is 37.4 Å². The summed E-state index contributed by atoms with van der Waals surface area (Å²) in [6.07, 6.45) is 2.06. The maximum absolute atomic E-state index is 13.3. The number of carbonyl (C=O) groups excluding carboxylic acids is 3. The average molecular weight is 456 g/mol. The zero-order chi connectivity index (χ0) is 24.1. The number of amides is 4. The van der Waals surface area contributed by atoms with E-state index in [1.165, 1.54) is 6.08 Å². The molecule has 34 heavy (non-hydrogen) atoms. The fourth-order valence-electron chi connectivity index (χ4n) is 3.68. The van der Waals surface area contributed by atoms with Crippen molar-refractivity contribution in [2.75, 3.05) is 12.0 Å². The van der Waals surface area contributed by atoms with E-state index >= 15 is 0 Å². The maximum atomic E-state index is 13.3. The van der Waals surface area contributed by atoms with Crippen LogP contribution in [0.15, 0.2) is 78.4 Å². The Morgan fingerprint density at radius 2 is 1.68 bits per heavy atom. The predicted octanol–water partition coefficient (Wildman–Crippen LogP) is 4.50. The molecular formula is C27H24N2O5. The van der Waals surface area contributed by atoms with Crippen LogP contribution in [0.5, 0.6) is 11.5 Å². The van der Waals surface area contributed by atoms with Crippen LogP contribution in [-0.2, 0) is 22.6 Å². The van der Waals surface area contributed by atoms with Gasteiger partial charge >= 0.3 is 6.03 Å². The van der Waals surface area contributed by atoms with Crippen LogP contribution in [-0.4, -0.2) is 25.0 Å². The van der Waals surface area contributed by atoms with E-state index in [-0.39, 0.29) is 5.57 Å². The molecule has 1 aliphatic heterocycles. The van der Waals surface area contributed by atoms with Gasteiger partial charge in [0, 0.05) is 11.6 Å². The van der Waals surface area contributed by atoms with E-state index in [9.17, 15) is 14.4 Å². The molecule has 0 bridgehead atoms. The first-order valence-corrected chi connectivity index (χ1v) is 10.9. The maximum Gasteiger partial charge on any atom is 0.335 e. The van der Waals surface area contributed by atoms with Gasteiger partial charge in [-0.15, -0.1) is 0 Å². The number of benzene rings is 3. The molecule has 1 saturated heterocycles. The number of hydrogen-bond acceptors (Lipinski definition) is 5. The minimum atomic E-state index is -0.775. The fraction of sp³-hybridized carbons (Fsp3) is 0.148. The number of carbonyl (C=O) groups is 3. The van der Waals surface area contributed by atoms with Gasteiger partial charge in [0.15, 0.2) is 0 Å². The average Bonchev–Trinajstić information content (AvgIpc) is 2.86. The largest absolute Gasteiger partial charge is 0.497 e. The molecule has 3 aromatic rings. The number of imide groups is 2. The molecule has 0 radical (unpaired) electrons. The molecule has 7 heteroatoms. The number of rotatable bonds is 7. The molecule has 0 spiro atoms. The lowest BCUT2D eigenvalue weighted by atomic mass is 10.0. The second-order valence-corrected chi connectivity index (χ2v) is 7.62. The van der Waals surface area contributed by atoms with Crippen LogP contribution in [0.1, 0.15) is 23.6 Å². The number of aryl methyl sites for hydroxylation is 1. The molecule has 0 aromatic heterocycles. The Morgan fingerprint density at radius 1 is 0.941 bits per heavy atom. The van der Waals surface area contributed by atoms with Crippen LogP contribution < -0.4 is 19.7 Å². The Hall–Kier alpha value is -4.39. The first kappa shape index (κ1) is 22.8. The Morgan fingerprint density at radius 3 is 2.41 bits per heavy atom. The lowest BCUT2D eigenvalue weighted by Crippen LogP contribution is -2.54. The van der Waals surface area contributed by atoms with E-state index in [2.05, 4.69) is 5.32 Å². The first-order valence-electron chi connectivity index (χ1n) is 10.9. The van der Waals surface area contributed by atoms with Crippen molar-refractivity contribution in [3.8, 4) is 11.5 Å².